The van der Waals surface area contributed by atoms with E-state index in [0.29, 0.717) is 24.5 Å². The second kappa shape index (κ2) is 10.9. The first kappa shape index (κ1) is 23.3. The molecule has 1 fully saturated rings. The molecule has 4 rings (SSSR count). The van der Waals surface area contributed by atoms with E-state index in [0.717, 1.165) is 49.8 Å². The normalized spacial score (nSPS) is 23.5. The van der Waals surface area contributed by atoms with Gasteiger partial charge in [0.2, 0.25) is 5.91 Å². The number of allylic oxidation sites excluding steroid dienone is 2. The van der Waals surface area contributed by atoms with E-state index >= 15 is 0 Å². The third-order valence-corrected chi connectivity index (χ3v) is 6.96. The lowest BCUT2D eigenvalue weighted by molar-refractivity contribution is -0.140. The molecule has 178 valence electrons. The molecule has 0 unspecified atom stereocenters. The van der Waals surface area contributed by atoms with Gasteiger partial charge in [-0.1, -0.05) is 37.8 Å². The quantitative estimate of drug-likeness (QED) is 0.347. The van der Waals surface area contributed by atoms with Crippen LogP contribution in [0, 0.1) is 11.8 Å². The standard InChI is InChI=1S/C26H34N2O5/c1-32-22-15-14-18(17-23(22)33-16-8-13-24(29)30)25-20-11-6-7-12-21(20)26(31)28(27-25)19-9-4-2-3-5-10-19/h6-7,14-15,17,19-21H,2-5,8-13,16H2,1H3,(H,29,30)/t20-,21+/m1/s1. The second-order valence-corrected chi connectivity index (χ2v) is 9.18. The fraction of sp³-hybridized carbons (Fsp3) is 0.577. The number of carbonyl (C=O) groups excluding carboxylic acids is 1. The predicted octanol–water partition coefficient (Wildman–Crippen LogP) is 4.79. The van der Waals surface area contributed by atoms with E-state index in [1.807, 2.05) is 18.2 Å². The SMILES string of the molecule is COc1ccc(C2=NN(C3CCCCCC3)C(=O)[C@H]3CC=CC[C@@H]23)cc1OCCCC(=O)O. The van der Waals surface area contributed by atoms with Crippen molar-refractivity contribution in [1.82, 2.24) is 5.01 Å². The van der Waals surface area contributed by atoms with Gasteiger partial charge in [-0.3, -0.25) is 9.59 Å². The lowest BCUT2D eigenvalue weighted by Gasteiger charge is -2.40. The summed E-state index contributed by atoms with van der Waals surface area (Å²) < 4.78 is 11.4. The summed E-state index contributed by atoms with van der Waals surface area (Å²) in [6.45, 7) is 0.292. The highest BCUT2D eigenvalue weighted by atomic mass is 16.5. The molecular formula is C26H34N2O5. The van der Waals surface area contributed by atoms with E-state index in [2.05, 4.69) is 12.2 Å². The number of rotatable bonds is 8. The number of hydrazone groups is 1. The van der Waals surface area contributed by atoms with E-state index < -0.39 is 5.97 Å². The highest BCUT2D eigenvalue weighted by Gasteiger charge is 2.42. The first-order valence-electron chi connectivity index (χ1n) is 12.2. The van der Waals surface area contributed by atoms with Gasteiger partial charge >= 0.3 is 5.97 Å². The molecule has 2 atom stereocenters. The van der Waals surface area contributed by atoms with Crippen molar-refractivity contribution in [3.8, 4) is 11.5 Å². The van der Waals surface area contributed by atoms with E-state index in [9.17, 15) is 9.59 Å². The third-order valence-electron chi connectivity index (χ3n) is 6.96. The van der Waals surface area contributed by atoms with Crippen molar-refractivity contribution < 1.29 is 24.2 Å². The van der Waals surface area contributed by atoms with Crippen molar-refractivity contribution in [3.63, 3.8) is 0 Å². The zero-order chi connectivity index (χ0) is 23.2. The Labute approximate surface area is 195 Å². The van der Waals surface area contributed by atoms with Crippen LogP contribution in [0.5, 0.6) is 11.5 Å². The molecule has 0 radical (unpaired) electrons. The molecule has 7 heteroatoms. The monoisotopic (exact) mass is 454 g/mol. The lowest BCUT2D eigenvalue weighted by Crippen LogP contribution is -2.49. The molecule has 1 amide bonds. The van der Waals surface area contributed by atoms with Crippen LogP contribution in [0.3, 0.4) is 0 Å². The van der Waals surface area contributed by atoms with E-state index in [1.54, 1.807) is 12.1 Å². The Morgan fingerprint density at radius 3 is 2.52 bits per heavy atom. The fourth-order valence-corrected chi connectivity index (χ4v) is 5.19. The Bertz CT molecular complexity index is 917. The molecule has 1 aromatic rings. The van der Waals surface area contributed by atoms with Crippen LogP contribution < -0.4 is 9.47 Å². The lowest BCUT2D eigenvalue weighted by atomic mass is 9.76. The molecular weight excluding hydrogens is 420 g/mol. The van der Waals surface area contributed by atoms with Gasteiger partial charge in [0, 0.05) is 17.9 Å². The van der Waals surface area contributed by atoms with Crippen LogP contribution in [0.2, 0.25) is 0 Å². The average molecular weight is 455 g/mol. The van der Waals surface area contributed by atoms with Gasteiger partial charge in [0.05, 0.1) is 31.4 Å². The molecule has 0 saturated heterocycles. The maximum Gasteiger partial charge on any atom is 0.303 e. The van der Waals surface area contributed by atoms with Gasteiger partial charge in [-0.05, 0) is 50.3 Å². The number of aliphatic carboxylic acids is 1. The van der Waals surface area contributed by atoms with Gasteiger partial charge in [-0.15, -0.1) is 0 Å². The molecule has 3 aliphatic rings. The van der Waals surface area contributed by atoms with Crippen LogP contribution in [0.25, 0.3) is 0 Å². The number of benzene rings is 1. The van der Waals surface area contributed by atoms with Crippen molar-refractivity contribution in [3.05, 3.63) is 35.9 Å². The molecule has 0 aromatic heterocycles. The molecule has 0 spiro atoms. The first-order valence-corrected chi connectivity index (χ1v) is 12.2. The first-order chi connectivity index (χ1) is 16.1. The summed E-state index contributed by atoms with van der Waals surface area (Å²) in [4.78, 5) is 24.2. The number of methoxy groups -OCH3 is 1. The largest absolute Gasteiger partial charge is 0.493 e. The topological polar surface area (TPSA) is 88.4 Å². The molecule has 0 bridgehead atoms. The van der Waals surface area contributed by atoms with Gasteiger partial charge in [-0.25, -0.2) is 5.01 Å². The molecule has 2 aliphatic carbocycles. The smallest absolute Gasteiger partial charge is 0.303 e. The Kier molecular flexibility index (Phi) is 7.68. The zero-order valence-corrected chi connectivity index (χ0v) is 19.4. The number of hydrogen-bond acceptors (Lipinski definition) is 5. The maximum atomic E-state index is 13.4. The molecule has 7 nitrogen and oxygen atoms in total. The van der Waals surface area contributed by atoms with Gasteiger partial charge in [-0.2, -0.15) is 5.10 Å². The summed E-state index contributed by atoms with van der Waals surface area (Å²) in [5.41, 5.74) is 1.87. The van der Waals surface area contributed by atoms with Gasteiger partial charge in [0.15, 0.2) is 11.5 Å². The van der Waals surface area contributed by atoms with E-state index in [4.69, 9.17) is 19.7 Å². The van der Waals surface area contributed by atoms with Gasteiger partial charge in [0.25, 0.3) is 0 Å². The van der Waals surface area contributed by atoms with Crippen LogP contribution in [0.15, 0.2) is 35.5 Å². The van der Waals surface area contributed by atoms with Gasteiger partial charge < -0.3 is 14.6 Å². The molecule has 33 heavy (non-hydrogen) atoms. The Hall–Kier alpha value is -2.83. The number of hydrogen-bond donors (Lipinski definition) is 1. The number of carboxylic acids is 1. The maximum absolute atomic E-state index is 13.4. The minimum Gasteiger partial charge on any atom is -0.493 e. The average Bonchev–Trinajstić information content (AvgIpc) is 3.11. The zero-order valence-electron chi connectivity index (χ0n) is 19.4. The second-order valence-electron chi connectivity index (χ2n) is 9.18. The minimum atomic E-state index is -0.837. The summed E-state index contributed by atoms with van der Waals surface area (Å²) in [6.07, 6.45) is 13.1. The highest BCUT2D eigenvalue weighted by Crippen LogP contribution is 2.38. The molecule has 1 heterocycles. The molecule has 1 aliphatic heterocycles. The molecule has 1 N–H and O–H groups in total. The summed E-state index contributed by atoms with van der Waals surface area (Å²) >= 11 is 0. The molecule has 1 aromatic carbocycles. The number of nitrogens with zero attached hydrogens (tertiary/aromatic N) is 2. The van der Waals surface area contributed by atoms with Crippen LogP contribution >= 0.6 is 0 Å². The summed E-state index contributed by atoms with van der Waals surface area (Å²) in [5.74, 6) is 0.478. The van der Waals surface area contributed by atoms with Crippen LogP contribution in [0.1, 0.15) is 69.8 Å². The fourth-order valence-electron chi connectivity index (χ4n) is 5.19. The van der Waals surface area contributed by atoms with Crippen molar-refractivity contribution in [2.24, 2.45) is 16.9 Å². The highest BCUT2D eigenvalue weighted by molar-refractivity contribution is 6.07. The number of fused-ring (bicyclic) bond motifs is 1. The summed E-state index contributed by atoms with van der Waals surface area (Å²) in [5, 5.41) is 15.7. The summed E-state index contributed by atoms with van der Waals surface area (Å²) in [7, 11) is 1.59. The Morgan fingerprint density at radius 1 is 1.09 bits per heavy atom. The predicted molar refractivity (Wildman–Crippen MR) is 126 cm³/mol. The van der Waals surface area contributed by atoms with Crippen LogP contribution in [-0.4, -0.2) is 47.5 Å². The van der Waals surface area contributed by atoms with Crippen LogP contribution in [-0.2, 0) is 9.59 Å². The van der Waals surface area contributed by atoms with Crippen molar-refractivity contribution >= 4 is 17.6 Å². The van der Waals surface area contributed by atoms with E-state index in [1.165, 1.54) is 12.8 Å². The number of amides is 1. The van der Waals surface area contributed by atoms with E-state index in [-0.39, 0.29) is 30.2 Å². The minimum absolute atomic E-state index is 0.0535. The third kappa shape index (κ3) is 5.40. The Balaban J connectivity index is 1.64. The number of carbonyl (C=O) groups is 2. The van der Waals surface area contributed by atoms with Gasteiger partial charge in [0.1, 0.15) is 0 Å². The van der Waals surface area contributed by atoms with Crippen molar-refractivity contribution in [1.29, 1.82) is 0 Å². The number of carboxylic acid groups (broad SMARTS) is 1. The Morgan fingerprint density at radius 2 is 1.82 bits per heavy atom. The summed E-state index contributed by atoms with van der Waals surface area (Å²) in [6, 6.07) is 5.95. The van der Waals surface area contributed by atoms with Crippen molar-refractivity contribution in [2.75, 3.05) is 13.7 Å². The number of ether oxygens (including phenoxy) is 2. The van der Waals surface area contributed by atoms with Crippen LogP contribution in [0.4, 0.5) is 0 Å². The molecule has 1 saturated carbocycles. The van der Waals surface area contributed by atoms with Crippen molar-refractivity contribution in [2.45, 2.75) is 70.3 Å².